The van der Waals surface area contributed by atoms with Gasteiger partial charge in [-0.25, -0.2) is 0 Å². The number of anilines is 1. The minimum Gasteiger partial charge on any atom is -0.487 e. The third kappa shape index (κ3) is 4.55. The molecular formula is C22H21BClN5O3. The standard InChI is InChI=1S/C22H21BClN5O3/c24-16-2-4-19-21(6-8-26-22(19)11-16)25-7-1-9-29-12-17(27-28-29)14-31-18-3-5-20-15(10-18)13-32-23(20)30/h2-6,8,10-12,30H,1,7,9,13-14H2,(H,25,26). The number of fused-ring (bicyclic) bond motifs is 2. The summed E-state index contributed by atoms with van der Waals surface area (Å²) in [6.45, 7) is 2.24. The van der Waals surface area contributed by atoms with Crippen molar-refractivity contribution in [2.75, 3.05) is 11.9 Å². The van der Waals surface area contributed by atoms with E-state index in [4.69, 9.17) is 21.0 Å². The summed E-state index contributed by atoms with van der Waals surface area (Å²) in [6, 6.07) is 13.2. The lowest BCUT2D eigenvalue weighted by Gasteiger charge is -2.09. The molecule has 0 saturated heterocycles. The highest BCUT2D eigenvalue weighted by molar-refractivity contribution is 6.61. The van der Waals surface area contributed by atoms with Crippen LogP contribution in [0.4, 0.5) is 5.69 Å². The van der Waals surface area contributed by atoms with Gasteiger partial charge in [-0.1, -0.05) is 22.9 Å². The molecule has 0 unspecified atom stereocenters. The molecule has 0 aliphatic carbocycles. The van der Waals surface area contributed by atoms with Crippen LogP contribution in [0.25, 0.3) is 10.9 Å². The number of pyridine rings is 1. The molecule has 2 aromatic carbocycles. The van der Waals surface area contributed by atoms with Gasteiger partial charge in [0, 0.05) is 35.4 Å². The van der Waals surface area contributed by atoms with Crippen molar-refractivity contribution in [1.29, 1.82) is 0 Å². The molecule has 1 aliphatic heterocycles. The maximum atomic E-state index is 9.70. The molecule has 8 nitrogen and oxygen atoms in total. The number of aryl methyl sites for hydroxylation is 1. The number of hydrogen-bond acceptors (Lipinski definition) is 7. The molecule has 2 N–H and O–H groups in total. The summed E-state index contributed by atoms with van der Waals surface area (Å²) in [5.74, 6) is 0.714. The molecule has 0 saturated carbocycles. The van der Waals surface area contributed by atoms with E-state index in [-0.39, 0.29) is 0 Å². The van der Waals surface area contributed by atoms with E-state index in [1.165, 1.54) is 0 Å². The van der Waals surface area contributed by atoms with Crippen molar-refractivity contribution < 1.29 is 14.4 Å². The van der Waals surface area contributed by atoms with Crippen molar-refractivity contribution in [1.82, 2.24) is 20.0 Å². The van der Waals surface area contributed by atoms with E-state index < -0.39 is 7.12 Å². The zero-order valence-electron chi connectivity index (χ0n) is 17.2. The van der Waals surface area contributed by atoms with Crippen LogP contribution in [0.2, 0.25) is 5.02 Å². The quantitative estimate of drug-likeness (QED) is 0.315. The lowest BCUT2D eigenvalue weighted by molar-refractivity contribution is 0.273. The summed E-state index contributed by atoms with van der Waals surface area (Å²) in [5, 5.41) is 23.2. The molecule has 0 amide bonds. The number of nitrogens with one attached hydrogen (secondary N) is 1. The van der Waals surface area contributed by atoms with Gasteiger partial charge in [-0.05, 0) is 53.8 Å². The molecule has 10 heteroatoms. The lowest BCUT2D eigenvalue weighted by Crippen LogP contribution is -2.27. The number of aromatic nitrogens is 4. The maximum Gasteiger partial charge on any atom is 0.491 e. The highest BCUT2D eigenvalue weighted by Crippen LogP contribution is 2.24. The number of halogens is 1. The second kappa shape index (κ2) is 9.16. The van der Waals surface area contributed by atoms with E-state index in [1.807, 2.05) is 53.3 Å². The summed E-state index contributed by atoms with van der Waals surface area (Å²) < 4.78 is 12.8. The predicted molar refractivity (Wildman–Crippen MR) is 123 cm³/mol. The zero-order chi connectivity index (χ0) is 21.9. The largest absolute Gasteiger partial charge is 0.491 e. The number of benzene rings is 2. The molecule has 0 spiro atoms. The van der Waals surface area contributed by atoms with Gasteiger partial charge in [0.15, 0.2) is 0 Å². The van der Waals surface area contributed by atoms with Crippen LogP contribution in [0, 0.1) is 0 Å². The van der Waals surface area contributed by atoms with Gasteiger partial charge in [0.2, 0.25) is 0 Å². The highest BCUT2D eigenvalue weighted by Gasteiger charge is 2.27. The molecule has 0 radical (unpaired) electrons. The third-order valence-electron chi connectivity index (χ3n) is 5.33. The van der Waals surface area contributed by atoms with Crippen LogP contribution < -0.4 is 15.5 Å². The molecule has 32 heavy (non-hydrogen) atoms. The Hall–Kier alpha value is -3.14. The summed E-state index contributed by atoms with van der Waals surface area (Å²) in [5.41, 5.74) is 4.39. The molecule has 4 aromatic rings. The van der Waals surface area contributed by atoms with Crippen LogP contribution in [0.15, 0.2) is 54.9 Å². The van der Waals surface area contributed by atoms with Crippen molar-refractivity contribution in [3.8, 4) is 5.75 Å². The number of hydrogen-bond donors (Lipinski definition) is 2. The van der Waals surface area contributed by atoms with Gasteiger partial charge < -0.3 is 19.7 Å². The van der Waals surface area contributed by atoms with E-state index in [1.54, 1.807) is 6.20 Å². The first-order valence-corrected chi connectivity index (χ1v) is 10.8. The Morgan fingerprint density at radius 1 is 1.22 bits per heavy atom. The molecule has 0 fully saturated rings. The van der Waals surface area contributed by atoms with Crippen LogP contribution in [0.3, 0.4) is 0 Å². The van der Waals surface area contributed by atoms with Crippen LogP contribution in [-0.2, 0) is 24.4 Å². The van der Waals surface area contributed by atoms with Gasteiger partial charge in [-0.2, -0.15) is 0 Å². The van der Waals surface area contributed by atoms with Gasteiger partial charge >= 0.3 is 7.12 Å². The van der Waals surface area contributed by atoms with Crippen molar-refractivity contribution >= 4 is 40.8 Å². The fourth-order valence-electron chi connectivity index (χ4n) is 3.71. The van der Waals surface area contributed by atoms with E-state index in [9.17, 15) is 5.02 Å². The Bertz CT molecular complexity index is 1250. The fourth-order valence-corrected chi connectivity index (χ4v) is 3.87. The Morgan fingerprint density at radius 2 is 2.16 bits per heavy atom. The third-order valence-corrected chi connectivity index (χ3v) is 5.57. The van der Waals surface area contributed by atoms with Crippen LogP contribution in [0.5, 0.6) is 5.75 Å². The molecule has 162 valence electrons. The summed E-state index contributed by atoms with van der Waals surface area (Å²) >= 11 is 6.05. The smallest absolute Gasteiger partial charge is 0.487 e. The number of nitrogens with zero attached hydrogens (tertiary/aromatic N) is 4. The van der Waals surface area contributed by atoms with Crippen molar-refractivity contribution in [3.63, 3.8) is 0 Å². The molecule has 0 bridgehead atoms. The SMILES string of the molecule is OB1OCc2cc(OCc3cn(CCCNc4ccnc5cc(Cl)ccc45)nn3)ccc21. The molecule has 1 aliphatic rings. The van der Waals surface area contributed by atoms with E-state index >= 15 is 0 Å². The first-order valence-electron chi connectivity index (χ1n) is 10.4. The summed E-state index contributed by atoms with van der Waals surface area (Å²) in [4.78, 5) is 4.36. The van der Waals surface area contributed by atoms with Gasteiger partial charge in [0.1, 0.15) is 18.1 Å². The van der Waals surface area contributed by atoms with E-state index in [0.717, 1.165) is 52.8 Å². The molecule has 2 aromatic heterocycles. The molecular weight excluding hydrogens is 429 g/mol. The van der Waals surface area contributed by atoms with Crippen molar-refractivity contribution in [2.24, 2.45) is 0 Å². The Kier molecular flexibility index (Phi) is 5.94. The molecule has 0 atom stereocenters. The number of ether oxygens (including phenoxy) is 1. The van der Waals surface area contributed by atoms with E-state index in [2.05, 4.69) is 20.6 Å². The zero-order valence-corrected chi connectivity index (χ0v) is 18.0. The van der Waals surface area contributed by atoms with Crippen LogP contribution in [0.1, 0.15) is 17.7 Å². The Labute approximate surface area is 190 Å². The van der Waals surface area contributed by atoms with Gasteiger partial charge in [0.25, 0.3) is 0 Å². The maximum absolute atomic E-state index is 9.70. The normalized spacial score (nSPS) is 12.9. The van der Waals surface area contributed by atoms with Crippen LogP contribution in [-0.4, -0.2) is 38.7 Å². The summed E-state index contributed by atoms with van der Waals surface area (Å²) in [6.07, 6.45) is 4.55. The molecule has 5 rings (SSSR count). The minimum absolute atomic E-state index is 0.325. The average molecular weight is 450 g/mol. The predicted octanol–water partition coefficient (Wildman–Crippen LogP) is 2.78. The Balaban J connectivity index is 1.11. The second-order valence-corrected chi connectivity index (χ2v) is 8.02. The first kappa shape index (κ1) is 20.8. The van der Waals surface area contributed by atoms with Gasteiger partial charge in [-0.3, -0.25) is 9.67 Å². The van der Waals surface area contributed by atoms with Crippen LogP contribution >= 0.6 is 11.6 Å². The highest BCUT2D eigenvalue weighted by atomic mass is 35.5. The fraction of sp³-hybridized carbons (Fsp3) is 0.227. The number of rotatable bonds is 8. The molecule has 3 heterocycles. The Morgan fingerprint density at radius 3 is 3.09 bits per heavy atom. The van der Waals surface area contributed by atoms with Crippen molar-refractivity contribution in [3.05, 3.63) is 71.1 Å². The van der Waals surface area contributed by atoms with Crippen molar-refractivity contribution in [2.45, 2.75) is 26.2 Å². The average Bonchev–Trinajstić information content (AvgIpc) is 3.41. The summed E-state index contributed by atoms with van der Waals surface area (Å²) in [7, 11) is -0.843. The monoisotopic (exact) mass is 449 g/mol. The lowest BCUT2D eigenvalue weighted by atomic mass is 9.80. The first-order chi connectivity index (χ1) is 15.7. The topological polar surface area (TPSA) is 94.3 Å². The van der Waals surface area contributed by atoms with E-state index in [0.29, 0.717) is 24.0 Å². The van der Waals surface area contributed by atoms with Gasteiger partial charge in [-0.15, -0.1) is 5.10 Å². The second-order valence-electron chi connectivity index (χ2n) is 7.59. The van der Waals surface area contributed by atoms with Gasteiger partial charge in [0.05, 0.1) is 18.3 Å². The minimum atomic E-state index is -0.843.